The highest BCUT2D eigenvalue weighted by Crippen LogP contribution is 2.36. The van der Waals surface area contributed by atoms with Crippen molar-refractivity contribution in [2.45, 2.75) is 82.8 Å². The molecule has 2 fully saturated rings. The van der Waals surface area contributed by atoms with Gasteiger partial charge < -0.3 is 10.4 Å². The van der Waals surface area contributed by atoms with Gasteiger partial charge in [0.2, 0.25) is 0 Å². The lowest BCUT2D eigenvalue weighted by atomic mass is 9.97. The molecule has 2 saturated carbocycles. The summed E-state index contributed by atoms with van der Waals surface area (Å²) < 4.78 is 0. The Bertz CT molecular complexity index is 265. The topological polar surface area (TPSA) is 35.5 Å². The zero-order valence-corrected chi connectivity index (χ0v) is 12.8. The minimum absolute atomic E-state index is 0.00665. The van der Waals surface area contributed by atoms with E-state index in [1.54, 1.807) is 0 Å². The zero-order chi connectivity index (χ0) is 13.7. The molecular weight excluding hydrogens is 236 g/mol. The Labute approximate surface area is 118 Å². The van der Waals surface area contributed by atoms with Crippen molar-refractivity contribution in [3.8, 4) is 0 Å². The molecule has 3 nitrogen and oxygen atoms in total. The number of hydrogen-bond acceptors (Lipinski definition) is 3. The fraction of sp³-hybridized carbons (Fsp3) is 1.00. The zero-order valence-electron chi connectivity index (χ0n) is 12.8. The van der Waals surface area contributed by atoms with E-state index in [1.165, 1.54) is 38.6 Å². The molecule has 0 radical (unpaired) electrons. The van der Waals surface area contributed by atoms with Crippen LogP contribution in [0.4, 0.5) is 0 Å². The summed E-state index contributed by atoms with van der Waals surface area (Å²) in [6, 6.07) is 1.50. The largest absolute Gasteiger partial charge is 0.394 e. The van der Waals surface area contributed by atoms with Crippen molar-refractivity contribution < 1.29 is 5.11 Å². The van der Waals surface area contributed by atoms with Crippen molar-refractivity contribution in [2.24, 2.45) is 0 Å². The molecule has 0 amide bonds. The van der Waals surface area contributed by atoms with E-state index in [-0.39, 0.29) is 5.54 Å². The van der Waals surface area contributed by atoms with Crippen LogP contribution in [0, 0.1) is 0 Å². The van der Waals surface area contributed by atoms with Gasteiger partial charge in [0.15, 0.2) is 0 Å². The molecule has 2 aliphatic rings. The lowest BCUT2D eigenvalue weighted by Crippen LogP contribution is -2.49. The highest BCUT2D eigenvalue weighted by atomic mass is 16.3. The molecule has 19 heavy (non-hydrogen) atoms. The minimum atomic E-state index is 0.00665. The van der Waals surface area contributed by atoms with E-state index >= 15 is 0 Å². The van der Waals surface area contributed by atoms with Gasteiger partial charge in [0.05, 0.1) is 6.61 Å². The van der Waals surface area contributed by atoms with Crippen LogP contribution in [-0.2, 0) is 0 Å². The normalized spacial score (nSPS) is 32.5. The summed E-state index contributed by atoms with van der Waals surface area (Å²) in [5.41, 5.74) is 0.00665. The van der Waals surface area contributed by atoms with Gasteiger partial charge in [-0.2, -0.15) is 0 Å². The van der Waals surface area contributed by atoms with Crippen molar-refractivity contribution in [3.05, 3.63) is 0 Å². The summed E-state index contributed by atoms with van der Waals surface area (Å²) in [7, 11) is 0. The number of hydrogen-bond donors (Lipinski definition) is 2. The predicted molar refractivity (Wildman–Crippen MR) is 80.4 cm³/mol. The number of nitrogens with zero attached hydrogens (tertiary/aromatic N) is 1. The number of rotatable bonds is 7. The van der Waals surface area contributed by atoms with Crippen molar-refractivity contribution in [2.75, 3.05) is 19.7 Å². The second-order valence-electron chi connectivity index (χ2n) is 6.53. The molecule has 112 valence electrons. The molecule has 0 aliphatic heterocycles. The number of aliphatic hydroxyl groups is 1. The second-order valence-corrected chi connectivity index (χ2v) is 6.53. The van der Waals surface area contributed by atoms with Gasteiger partial charge in [-0.1, -0.05) is 26.7 Å². The van der Waals surface area contributed by atoms with E-state index < -0.39 is 0 Å². The van der Waals surface area contributed by atoms with Crippen LogP contribution in [0.5, 0.6) is 0 Å². The maximum absolute atomic E-state index is 9.80. The van der Waals surface area contributed by atoms with Crippen molar-refractivity contribution in [1.29, 1.82) is 0 Å². The van der Waals surface area contributed by atoms with Gasteiger partial charge >= 0.3 is 0 Å². The highest BCUT2D eigenvalue weighted by Gasteiger charge is 2.41. The summed E-state index contributed by atoms with van der Waals surface area (Å²) >= 11 is 0. The van der Waals surface area contributed by atoms with E-state index in [1.807, 2.05) is 0 Å². The average Bonchev–Trinajstić information content (AvgIpc) is 3.08. The molecule has 0 bridgehead atoms. The quantitative estimate of drug-likeness (QED) is 0.745. The molecule has 2 unspecified atom stereocenters. The first-order valence-electron chi connectivity index (χ1n) is 8.36. The van der Waals surface area contributed by atoms with Crippen molar-refractivity contribution in [3.63, 3.8) is 0 Å². The van der Waals surface area contributed by atoms with Crippen LogP contribution in [0.25, 0.3) is 0 Å². The molecule has 2 aliphatic carbocycles. The Hall–Kier alpha value is -0.120. The molecule has 0 spiro atoms. The van der Waals surface area contributed by atoms with Gasteiger partial charge in [0.1, 0.15) is 0 Å². The first-order chi connectivity index (χ1) is 9.24. The summed E-state index contributed by atoms with van der Waals surface area (Å²) in [5.74, 6) is 0. The molecular formula is C16H32N2O. The maximum Gasteiger partial charge on any atom is 0.0613 e. The highest BCUT2D eigenvalue weighted by molar-refractivity contribution is 5.00. The van der Waals surface area contributed by atoms with Gasteiger partial charge in [0, 0.05) is 17.6 Å². The lowest BCUT2D eigenvalue weighted by Gasteiger charge is -2.35. The first-order valence-corrected chi connectivity index (χ1v) is 8.36. The third-order valence-corrected chi connectivity index (χ3v) is 5.26. The Morgan fingerprint density at radius 2 is 1.89 bits per heavy atom. The van der Waals surface area contributed by atoms with Gasteiger partial charge in [-0.3, -0.25) is 4.90 Å². The molecule has 0 aromatic carbocycles. The van der Waals surface area contributed by atoms with E-state index in [4.69, 9.17) is 0 Å². The SMILES string of the molecule is CCCNC1(CO)CCC(N(CC)C2CCCC2)C1. The second kappa shape index (κ2) is 7.05. The standard InChI is InChI=1S/C16H32N2O/c1-3-11-17-16(13-19)10-9-15(12-16)18(4-2)14-7-5-6-8-14/h14-15,17,19H,3-13H2,1-2H3. The molecule has 0 heterocycles. The number of nitrogens with one attached hydrogen (secondary N) is 1. The Morgan fingerprint density at radius 1 is 1.16 bits per heavy atom. The van der Waals surface area contributed by atoms with E-state index in [0.29, 0.717) is 12.6 Å². The monoisotopic (exact) mass is 268 g/mol. The van der Waals surface area contributed by atoms with Crippen LogP contribution in [0.15, 0.2) is 0 Å². The van der Waals surface area contributed by atoms with Crippen LogP contribution in [-0.4, -0.2) is 47.3 Å². The maximum atomic E-state index is 9.80. The predicted octanol–water partition coefficient (Wildman–Crippen LogP) is 2.53. The molecule has 0 saturated heterocycles. The Balaban J connectivity index is 1.94. The van der Waals surface area contributed by atoms with Crippen LogP contribution in [0.3, 0.4) is 0 Å². The Morgan fingerprint density at radius 3 is 2.47 bits per heavy atom. The van der Waals surface area contributed by atoms with Crippen LogP contribution in [0.1, 0.15) is 65.2 Å². The average molecular weight is 268 g/mol. The number of aliphatic hydroxyl groups excluding tert-OH is 1. The van der Waals surface area contributed by atoms with Gasteiger partial charge in [-0.25, -0.2) is 0 Å². The molecule has 2 atom stereocenters. The van der Waals surface area contributed by atoms with Gasteiger partial charge in [-0.15, -0.1) is 0 Å². The van der Waals surface area contributed by atoms with Crippen LogP contribution in [0.2, 0.25) is 0 Å². The van der Waals surface area contributed by atoms with E-state index in [9.17, 15) is 5.11 Å². The molecule has 0 aromatic heterocycles. The fourth-order valence-corrected chi connectivity index (χ4v) is 4.18. The van der Waals surface area contributed by atoms with E-state index in [0.717, 1.165) is 31.8 Å². The first kappa shape index (κ1) is 15.3. The van der Waals surface area contributed by atoms with Crippen LogP contribution >= 0.6 is 0 Å². The molecule has 2 N–H and O–H groups in total. The minimum Gasteiger partial charge on any atom is -0.394 e. The summed E-state index contributed by atoms with van der Waals surface area (Å²) in [5, 5.41) is 13.4. The summed E-state index contributed by atoms with van der Waals surface area (Å²) in [6.45, 7) is 7.00. The fourth-order valence-electron chi connectivity index (χ4n) is 4.18. The van der Waals surface area contributed by atoms with Crippen LogP contribution < -0.4 is 5.32 Å². The van der Waals surface area contributed by atoms with E-state index in [2.05, 4.69) is 24.1 Å². The summed E-state index contributed by atoms with van der Waals surface area (Å²) in [4.78, 5) is 2.73. The third-order valence-electron chi connectivity index (χ3n) is 5.26. The van der Waals surface area contributed by atoms with Crippen molar-refractivity contribution >= 4 is 0 Å². The summed E-state index contributed by atoms with van der Waals surface area (Å²) in [6.07, 6.45) is 10.3. The Kier molecular flexibility index (Phi) is 5.67. The lowest BCUT2D eigenvalue weighted by molar-refractivity contribution is 0.119. The van der Waals surface area contributed by atoms with Gasteiger partial charge in [0.25, 0.3) is 0 Å². The third kappa shape index (κ3) is 3.50. The van der Waals surface area contributed by atoms with Crippen molar-refractivity contribution in [1.82, 2.24) is 10.2 Å². The molecule has 2 rings (SSSR count). The molecule has 0 aromatic rings. The smallest absolute Gasteiger partial charge is 0.0613 e. The molecule has 3 heteroatoms. The van der Waals surface area contributed by atoms with Gasteiger partial charge in [-0.05, 0) is 51.6 Å².